The van der Waals surface area contributed by atoms with Crippen molar-refractivity contribution in [3.05, 3.63) is 90.0 Å². The minimum atomic E-state index is -0.556. The summed E-state index contributed by atoms with van der Waals surface area (Å²) in [7, 11) is 0. The lowest BCUT2D eigenvalue weighted by Crippen LogP contribution is -2.16. The van der Waals surface area contributed by atoms with E-state index in [1.807, 2.05) is 18.2 Å². The van der Waals surface area contributed by atoms with E-state index in [2.05, 4.69) is 10.3 Å². The summed E-state index contributed by atoms with van der Waals surface area (Å²) >= 11 is 0. The number of para-hydroxylation sites is 1. The number of nitrogens with zero attached hydrogens (tertiary/aromatic N) is 1. The van der Waals surface area contributed by atoms with Gasteiger partial charge in [0.1, 0.15) is 5.75 Å². The van der Waals surface area contributed by atoms with Crippen LogP contribution in [0, 0.1) is 0 Å². The molecule has 0 radical (unpaired) electrons. The molecule has 3 aromatic rings. The number of hydrogen-bond donors (Lipinski definition) is 1. The SMILES string of the molecule is CCOC(=O)c1ccc(N=Cc2ccc(OC(=O)Nc3ccccc3)cc2)cc1. The molecule has 1 N–H and O–H groups in total. The maximum Gasteiger partial charge on any atom is 0.417 e. The summed E-state index contributed by atoms with van der Waals surface area (Å²) < 4.78 is 10.2. The Labute approximate surface area is 168 Å². The smallest absolute Gasteiger partial charge is 0.417 e. The van der Waals surface area contributed by atoms with Crippen molar-refractivity contribution in [2.75, 3.05) is 11.9 Å². The van der Waals surface area contributed by atoms with E-state index >= 15 is 0 Å². The molecule has 0 aromatic heterocycles. The van der Waals surface area contributed by atoms with Crippen molar-refractivity contribution in [1.82, 2.24) is 0 Å². The molecule has 0 aliphatic rings. The second kappa shape index (κ2) is 9.85. The first kappa shape index (κ1) is 19.8. The van der Waals surface area contributed by atoms with Gasteiger partial charge in [-0.2, -0.15) is 0 Å². The zero-order chi connectivity index (χ0) is 20.5. The molecule has 0 atom stereocenters. The van der Waals surface area contributed by atoms with Gasteiger partial charge in [-0.15, -0.1) is 0 Å². The largest absolute Gasteiger partial charge is 0.462 e. The lowest BCUT2D eigenvalue weighted by atomic mass is 10.2. The third-order valence-electron chi connectivity index (χ3n) is 3.85. The van der Waals surface area contributed by atoms with E-state index in [1.165, 1.54) is 0 Å². The summed E-state index contributed by atoms with van der Waals surface area (Å²) in [6.07, 6.45) is 1.13. The normalized spacial score (nSPS) is 10.5. The molecule has 0 saturated heterocycles. The van der Waals surface area contributed by atoms with Crippen LogP contribution in [-0.2, 0) is 4.74 Å². The first-order chi connectivity index (χ1) is 14.1. The highest BCUT2D eigenvalue weighted by molar-refractivity contribution is 5.90. The van der Waals surface area contributed by atoms with Gasteiger partial charge in [0.05, 0.1) is 17.9 Å². The van der Waals surface area contributed by atoms with Crippen LogP contribution in [0.3, 0.4) is 0 Å². The molecule has 0 spiro atoms. The van der Waals surface area contributed by atoms with Crippen molar-refractivity contribution in [3.8, 4) is 5.75 Å². The fourth-order valence-electron chi connectivity index (χ4n) is 2.44. The molecule has 0 fully saturated rings. The number of amides is 1. The van der Waals surface area contributed by atoms with E-state index in [0.29, 0.717) is 29.3 Å². The summed E-state index contributed by atoms with van der Waals surface area (Å²) in [6.45, 7) is 2.11. The van der Waals surface area contributed by atoms with Gasteiger partial charge in [0.15, 0.2) is 0 Å². The highest BCUT2D eigenvalue weighted by atomic mass is 16.6. The first-order valence-electron chi connectivity index (χ1n) is 9.09. The van der Waals surface area contributed by atoms with Crippen LogP contribution in [0.4, 0.5) is 16.2 Å². The van der Waals surface area contributed by atoms with E-state index in [1.54, 1.807) is 73.8 Å². The first-order valence-corrected chi connectivity index (χ1v) is 9.09. The summed E-state index contributed by atoms with van der Waals surface area (Å²) in [5.41, 5.74) is 2.70. The molecule has 0 aliphatic carbocycles. The summed E-state index contributed by atoms with van der Waals surface area (Å²) in [5.74, 6) is 0.0734. The predicted octanol–water partition coefficient (Wildman–Crippen LogP) is 5.22. The Balaban J connectivity index is 1.56. The van der Waals surface area contributed by atoms with Crippen LogP contribution in [0.25, 0.3) is 0 Å². The van der Waals surface area contributed by atoms with Gasteiger partial charge in [-0.3, -0.25) is 10.3 Å². The Hall–Kier alpha value is -3.93. The molecule has 6 heteroatoms. The van der Waals surface area contributed by atoms with Gasteiger partial charge < -0.3 is 9.47 Å². The number of nitrogens with one attached hydrogen (secondary N) is 1. The second-order valence-electron chi connectivity index (χ2n) is 5.98. The summed E-state index contributed by atoms with van der Waals surface area (Å²) in [4.78, 5) is 27.9. The van der Waals surface area contributed by atoms with Gasteiger partial charge in [-0.1, -0.05) is 18.2 Å². The lowest BCUT2D eigenvalue weighted by Gasteiger charge is -2.06. The van der Waals surface area contributed by atoms with Crippen molar-refractivity contribution in [2.45, 2.75) is 6.92 Å². The van der Waals surface area contributed by atoms with E-state index in [0.717, 1.165) is 5.56 Å². The van der Waals surface area contributed by atoms with Gasteiger partial charge in [0, 0.05) is 11.9 Å². The van der Waals surface area contributed by atoms with Gasteiger partial charge in [-0.05, 0) is 73.2 Å². The van der Waals surface area contributed by atoms with Gasteiger partial charge in [0.25, 0.3) is 0 Å². The number of esters is 1. The maximum absolute atomic E-state index is 11.9. The molecule has 0 aliphatic heterocycles. The summed E-state index contributed by atoms with van der Waals surface area (Å²) in [5, 5.41) is 2.65. The van der Waals surface area contributed by atoms with Crippen molar-refractivity contribution in [1.29, 1.82) is 0 Å². The Morgan fingerprint density at radius 1 is 0.931 bits per heavy atom. The molecule has 0 heterocycles. The zero-order valence-corrected chi connectivity index (χ0v) is 15.9. The molecule has 29 heavy (non-hydrogen) atoms. The molecule has 3 aromatic carbocycles. The molecule has 1 amide bonds. The third kappa shape index (κ3) is 6.04. The number of rotatable bonds is 6. The Morgan fingerprint density at radius 3 is 2.28 bits per heavy atom. The maximum atomic E-state index is 11.9. The Kier molecular flexibility index (Phi) is 6.73. The van der Waals surface area contributed by atoms with Crippen LogP contribution < -0.4 is 10.1 Å². The number of carbonyl (C=O) groups is 2. The molecule has 6 nitrogen and oxygen atoms in total. The minimum Gasteiger partial charge on any atom is -0.462 e. The average molecular weight is 388 g/mol. The number of carbonyl (C=O) groups excluding carboxylic acids is 2. The van der Waals surface area contributed by atoms with Gasteiger partial charge in [0.2, 0.25) is 0 Å². The molecular weight excluding hydrogens is 368 g/mol. The monoisotopic (exact) mass is 388 g/mol. The number of hydrogen-bond acceptors (Lipinski definition) is 5. The van der Waals surface area contributed by atoms with E-state index in [9.17, 15) is 9.59 Å². The fraction of sp³-hybridized carbons (Fsp3) is 0.0870. The molecule has 0 unspecified atom stereocenters. The highest BCUT2D eigenvalue weighted by Gasteiger charge is 2.06. The molecule has 3 rings (SSSR count). The van der Waals surface area contributed by atoms with E-state index in [4.69, 9.17) is 9.47 Å². The lowest BCUT2D eigenvalue weighted by molar-refractivity contribution is 0.0526. The quantitative estimate of drug-likeness (QED) is 0.464. The minimum absolute atomic E-state index is 0.340. The highest BCUT2D eigenvalue weighted by Crippen LogP contribution is 2.16. The topological polar surface area (TPSA) is 77.0 Å². The molecule has 0 saturated carbocycles. The fourth-order valence-corrected chi connectivity index (χ4v) is 2.44. The van der Waals surface area contributed by atoms with Crippen LogP contribution in [-0.4, -0.2) is 24.9 Å². The van der Waals surface area contributed by atoms with Crippen molar-refractivity contribution in [3.63, 3.8) is 0 Å². The Bertz CT molecular complexity index is 982. The van der Waals surface area contributed by atoms with Crippen LogP contribution in [0.5, 0.6) is 5.75 Å². The van der Waals surface area contributed by atoms with Crippen molar-refractivity contribution >= 4 is 29.7 Å². The van der Waals surface area contributed by atoms with Crippen LogP contribution in [0.2, 0.25) is 0 Å². The second-order valence-corrected chi connectivity index (χ2v) is 5.98. The summed E-state index contributed by atoms with van der Waals surface area (Å²) in [6, 6.07) is 22.9. The predicted molar refractivity (Wildman–Crippen MR) is 112 cm³/mol. The van der Waals surface area contributed by atoms with Crippen molar-refractivity contribution < 1.29 is 19.1 Å². The molecule has 146 valence electrons. The van der Waals surface area contributed by atoms with Crippen LogP contribution >= 0.6 is 0 Å². The molecule has 0 bridgehead atoms. The number of benzene rings is 3. The van der Waals surface area contributed by atoms with E-state index in [-0.39, 0.29) is 5.97 Å². The van der Waals surface area contributed by atoms with Gasteiger partial charge in [-0.25, -0.2) is 9.59 Å². The Morgan fingerprint density at radius 2 is 1.62 bits per heavy atom. The van der Waals surface area contributed by atoms with Crippen LogP contribution in [0.1, 0.15) is 22.8 Å². The molecular formula is C23H20N2O4. The third-order valence-corrected chi connectivity index (χ3v) is 3.85. The van der Waals surface area contributed by atoms with Gasteiger partial charge >= 0.3 is 12.1 Å². The number of aliphatic imine (C=N–C) groups is 1. The standard InChI is InChI=1S/C23H20N2O4/c1-2-28-22(26)18-10-12-19(13-11-18)24-16-17-8-14-21(15-9-17)29-23(27)25-20-6-4-3-5-7-20/h3-16H,2H2,1H3,(H,25,27). The van der Waals surface area contributed by atoms with Crippen molar-refractivity contribution in [2.24, 2.45) is 4.99 Å². The number of ether oxygens (including phenoxy) is 2. The average Bonchev–Trinajstić information content (AvgIpc) is 2.74. The van der Waals surface area contributed by atoms with Crippen LogP contribution in [0.15, 0.2) is 83.9 Å². The zero-order valence-electron chi connectivity index (χ0n) is 15.9. The number of anilines is 1. The van der Waals surface area contributed by atoms with E-state index < -0.39 is 6.09 Å².